The molecule has 0 heterocycles. The van der Waals surface area contributed by atoms with Gasteiger partial charge in [0.05, 0.1) is 11.1 Å². The van der Waals surface area contributed by atoms with Crippen molar-refractivity contribution in [2.24, 2.45) is 0 Å². The van der Waals surface area contributed by atoms with Gasteiger partial charge in [-0.05, 0) is 22.9 Å². The van der Waals surface area contributed by atoms with Gasteiger partial charge in [-0.1, -0.05) is 36.4 Å². The first kappa shape index (κ1) is 14.7. The highest BCUT2D eigenvalue weighted by molar-refractivity contribution is 6.11. The summed E-state index contributed by atoms with van der Waals surface area (Å²) in [5.41, 5.74) is -2.13. The van der Waals surface area contributed by atoms with Gasteiger partial charge in [0.2, 0.25) is 0 Å². The van der Waals surface area contributed by atoms with Crippen LogP contribution in [-0.2, 0) is 12.4 Å². The molecular weight excluding hydrogens is 306 g/mol. The van der Waals surface area contributed by atoms with Crippen molar-refractivity contribution in [3.05, 3.63) is 59.7 Å². The van der Waals surface area contributed by atoms with Crippen LogP contribution in [0.3, 0.4) is 0 Å². The summed E-state index contributed by atoms with van der Waals surface area (Å²) in [6.45, 7) is 0. The number of hydrogen-bond acceptors (Lipinski definition) is 0. The van der Waals surface area contributed by atoms with Crippen LogP contribution in [0.25, 0.3) is 21.5 Å². The predicted octanol–water partition coefficient (Wildman–Crippen LogP) is 6.03. The van der Waals surface area contributed by atoms with Gasteiger partial charge in [-0.15, -0.1) is 0 Å². The summed E-state index contributed by atoms with van der Waals surface area (Å²) in [4.78, 5) is 0. The number of halogens is 6. The average molecular weight is 314 g/mol. The number of fused-ring (bicyclic) bond motifs is 3. The molecule has 6 heteroatoms. The lowest BCUT2D eigenvalue weighted by Gasteiger charge is -2.16. The lowest BCUT2D eigenvalue weighted by atomic mass is 9.94. The normalized spacial score (nSPS) is 13.0. The molecule has 0 fully saturated rings. The standard InChI is InChI=1S/C16H8F6/c17-15(18,19)11-5-1-3-9-7-8-10-4-2-6-12(16(20,21)22)14(10)13(9)11/h1-8H. The Bertz CT molecular complexity index is 785. The van der Waals surface area contributed by atoms with Crippen molar-refractivity contribution in [2.45, 2.75) is 12.4 Å². The zero-order valence-corrected chi connectivity index (χ0v) is 10.9. The zero-order chi connectivity index (χ0) is 16.1. The van der Waals surface area contributed by atoms with E-state index in [1.165, 1.54) is 36.4 Å². The Morgan fingerprint density at radius 3 is 1.18 bits per heavy atom. The van der Waals surface area contributed by atoms with E-state index in [0.29, 0.717) is 0 Å². The van der Waals surface area contributed by atoms with E-state index in [4.69, 9.17) is 0 Å². The van der Waals surface area contributed by atoms with E-state index in [1.54, 1.807) is 0 Å². The second-order valence-corrected chi connectivity index (χ2v) is 4.87. The third kappa shape index (κ3) is 2.28. The van der Waals surface area contributed by atoms with E-state index >= 15 is 0 Å². The van der Waals surface area contributed by atoms with Crippen LogP contribution in [0, 0.1) is 0 Å². The van der Waals surface area contributed by atoms with Crippen molar-refractivity contribution < 1.29 is 26.3 Å². The molecule has 0 aromatic heterocycles. The summed E-state index contributed by atoms with van der Waals surface area (Å²) in [6, 6.07) is 9.51. The molecule has 114 valence electrons. The van der Waals surface area contributed by atoms with Crippen LogP contribution in [0.2, 0.25) is 0 Å². The fourth-order valence-electron chi connectivity index (χ4n) is 2.63. The Balaban J connectivity index is 2.59. The Labute approximate surface area is 121 Å². The minimum absolute atomic E-state index is 0.124. The smallest absolute Gasteiger partial charge is 0.166 e. The van der Waals surface area contributed by atoms with Gasteiger partial charge in [0, 0.05) is 10.8 Å². The largest absolute Gasteiger partial charge is 0.417 e. The van der Waals surface area contributed by atoms with Crippen LogP contribution in [0.1, 0.15) is 11.1 Å². The van der Waals surface area contributed by atoms with Crippen LogP contribution in [0.15, 0.2) is 48.5 Å². The molecule has 0 spiro atoms. The first-order valence-electron chi connectivity index (χ1n) is 6.28. The van der Waals surface area contributed by atoms with Gasteiger partial charge in [0.25, 0.3) is 0 Å². The van der Waals surface area contributed by atoms with Crippen LogP contribution >= 0.6 is 0 Å². The lowest BCUT2D eigenvalue weighted by molar-refractivity contribution is -0.138. The molecule has 0 nitrogen and oxygen atoms in total. The molecule has 0 aliphatic heterocycles. The second-order valence-electron chi connectivity index (χ2n) is 4.87. The van der Waals surface area contributed by atoms with Gasteiger partial charge >= 0.3 is 12.4 Å². The monoisotopic (exact) mass is 314 g/mol. The van der Waals surface area contributed by atoms with E-state index in [0.717, 1.165) is 12.1 Å². The van der Waals surface area contributed by atoms with Crippen molar-refractivity contribution in [1.82, 2.24) is 0 Å². The van der Waals surface area contributed by atoms with Crippen molar-refractivity contribution in [3.63, 3.8) is 0 Å². The summed E-state index contributed by atoms with van der Waals surface area (Å²) in [6.07, 6.45) is -9.46. The molecule has 3 aromatic rings. The van der Waals surface area contributed by atoms with Crippen molar-refractivity contribution in [1.29, 1.82) is 0 Å². The fraction of sp³-hybridized carbons (Fsp3) is 0.125. The Morgan fingerprint density at radius 1 is 0.500 bits per heavy atom. The van der Waals surface area contributed by atoms with Crippen LogP contribution in [0.4, 0.5) is 26.3 Å². The number of hydrogen-bond donors (Lipinski definition) is 0. The molecule has 0 N–H and O–H groups in total. The van der Waals surface area contributed by atoms with Gasteiger partial charge in [-0.25, -0.2) is 0 Å². The summed E-state index contributed by atoms with van der Waals surface area (Å²) >= 11 is 0. The first-order chi connectivity index (χ1) is 10.2. The summed E-state index contributed by atoms with van der Waals surface area (Å²) in [5, 5.41) is -0.584. The minimum atomic E-state index is -4.73. The molecule has 0 radical (unpaired) electrons. The van der Waals surface area contributed by atoms with E-state index in [-0.39, 0.29) is 10.8 Å². The molecule has 0 atom stereocenters. The minimum Gasteiger partial charge on any atom is -0.166 e. The number of rotatable bonds is 0. The Morgan fingerprint density at radius 2 is 0.864 bits per heavy atom. The van der Waals surface area contributed by atoms with Crippen LogP contribution in [-0.4, -0.2) is 0 Å². The first-order valence-corrected chi connectivity index (χ1v) is 6.28. The maximum Gasteiger partial charge on any atom is 0.417 e. The molecule has 0 aliphatic rings. The quantitative estimate of drug-likeness (QED) is 0.351. The molecule has 3 rings (SSSR count). The van der Waals surface area contributed by atoms with Gasteiger partial charge in [0.15, 0.2) is 0 Å². The van der Waals surface area contributed by atoms with Gasteiger partial charge < -0.3 is 0 Å². The fourth-order valence-corrected chi connectivity index (χ4v) is 2.63. The van der Waals surface area contributed by atoms with E-state index < -0.39 is 34.3 Å². The van der Waals surface area contributed by atoms with Crippen molar-refractivity contribution in [2.75, 3.05) is 0 Å². The highest BCUT2D eigenvalue weighted by Crippen LogP contribution is 2.42. The maximum absolute atomic E-state index is 13.2. The third-order valence-corrected chi connectivity index (χ3v) is 3.50. The second kappa shape index (κ2) is 4.63. The van der Waals surface area contributed by atoms with E-state index in [1.807, 2.05) is 0 Å². The number of alkyl halides is 6. The van der Waals surface area contributed by atoms with Gasteiger partial charge in [0.1, 0.15) is 0 Å². The highest BCUT2D eigenvalue weighted by atomic mass is 19.4. The Kier molecular flexibility index (Phi) is 3.09. The summed E-state index contributed by atoms with van der Waals surface area (Å²) < 4.78 is 79.2. The van der Waals surface area contributed by atoms with Gasteiger partial charge in [-0.3, -0.25) is 0 Å². The highest BCUT2D eigenvalue weighted by Gasteiger charge is 2.36. The van der Waals surface area contributed by atoms with Crippen LogP contribution < -0.4 is 0 Å². The topological polar surface area (TPSA) is 0 Å². The summed E-state index contributed by atoms with van der Waals surface area (Å²) in [5.74, 6) is 0. The number of benzene rings is 3. The van der Waals surface area contributed by atoms with Gasteiger partial charge in [-0.2, -0.15) is 26.3 Å². The van der Waals surface area contributed by atoms with Crippen LogP contribution in [0.5, 0.6) is 0 Å². The Hall–Kier alpha value is -2.24. The molecule has 0 aliphatic carbocycles. The zero-order valence-electron chi connectivity index (χ0n) is 10.9. The SMILES string of the molecule is FC(F)(F)c1cccc2ccc3cccc(C(F)(F)F)c3c12. The molecule has 3 aromatic carbocycles. The molecule has 0 saturated heterocycles. The lowest BCUT2D eigenvalue weighted by Crippen LogP contribution is -2.09. The van der Waals surface area contributed by atoms with Crippen molar-refractivity contribution >= 4 is 21.5 Å². The molecule has 0 amide bonds. The van der Waals surface area contributed by atoms with E-state index in [2.05, 4.69) is 0 Å². The average Bonchev–Trinajstić information content (AvgIpc) is 2.43. The molecular formula is C16H8F6. The third-order valence-electron chi connectivity index (χ3n) is 3.50. The molecule has 0 bridgehead atoms. The molecule has 0 unspecified atom stereocenters. The molecule has 22 heavy (non-hydrogen) atoms. The molecule has 0 saturated carbocycles. The van der Waals surface area contributed by atoms with Crippen molar-refractivity contribution in [3.8, 4) is 0 Å². The summed E-state index contributed by atoms with van der Waals surface area (Å²) in [7, 11) is 0. The maximum atomic E-state index is 13.2. The predicted molar refractivity (Wildman–Crippen MR) is 71.5 cm³/mol. The van der Waals surface area contributed by atoms with E-state index in [9.17, 15) is 26.3 Å².